The minimum atomic E-state index is -0.922. The van der Waals surface area contributed by atoms with E-state index in [0.29, 0.717) is 6.42 Å². The molecule has 2 aromatic carbocycles. The van der Waals surface area contributed by atoms with Crippen molar-refractivity contribution < 1.29 is 14.7 Å². The summed E-state index contributed by atoms with van der Waals surface area (Å²) < 4.78 is 0. The van der Waals surface area contributed by atoms with Gasteiger partial charge in [0.25, 0.3) is 0 Å². The fourth-order valence-electron chi connectivity index (χ4n) is 3.32. The van der Waals surface area contributed by atoms with Gasteiger partial charge in [-0.3, -0.25) is 9.59 Å². The molecule has 1 aliphatic carbocycles. The third-order valence-electron chi connectivity index (χ3n) is 4.47. The zero-order valence-corrected chi connectivity index (χ0v) is 13.4. The molecule has 0 bridgehead atoms. The topological polar surface area (TPSA) is 66.4 Å². The number of hydrogen-bond acceptors (Lipinski definition) is 2. The lowest BCUT2D eigenvalue weighted by Gasteiger charge is -2.20. The minimum absolute atomic E-state index is 0.0919. The van der Waals surface area contributed by atoms with Gasteiger partial charge in [0, 0.05) is 6.42 Å². The lowest BCUT2D eigenvalue weighted by Crippen LogP contribution is -2.31. The number of carbonyl (C=O) groups excluding carboxylic acids is 1. The van der Waals surface area contributed by atoms with E-state index in [2.05, 4.69) is 17.5 Å². The summed E-state index contributed by atoms with van der Waals surface area (Å²) >= 11 is 0. The van der Waals surface area contributed by atoms with Gasteiger partial charge in [-0.05, 0) is 35.1 Å². The van der Waals surface area contributed by atoms with Crippen molar-refractivity contribution in [3.05, 3.63) is 60.2 Å². The molecule has 2 atom stereocenters. The van der Waals surface area contributed by atoms with Crippen LogP contribution in [0.3, 0.4) is 0 Å². The average Bonchev–Trinajstić information content (AvgIpc) is 3.06. The summed E-state index contributed by atoms with van der Waals surface area (Å²) in [6.07, 6.45) is 6.46. The van der Waals surface area contributed by atoms with Crippen LogP contribution in [0.1, 0.15) is 37.3 Å². The molecule has 0 fully saturated rings. The molecule has 24 heavy (non-hydrogen) atoms. The SMILES string of the molecule is O=C(O)C[C@@H](NC(=O)CC1C=CCC1)c1cccc2ccccc12. The molecule has 2 aromatic rings. The second kappa shape index (κ2) is 7.30. The molecule has 4 nitrogen and oxygen atoms in total. The van der Waals surface area contributed by atoms with Gasteiger partial charge in [0.1, 0.15) is 0 Å². The van der Waals surface area contributed by atoms with Gasteiger partial charge in [-0.1, -0.05) is 54.6 Å². The second-order valence-corrected chi connectivity index (χ2v) is 6.26. The van der Waals surface area contributed by atoms with E-state index in [-0.39, 0.29) is 18.2 Å². The Labute approximate surface area is 141 Å². The fraction of sp³-hybridized carbons (Fsp3) is 0.300. The highest BCUT2D eigenvalue weighted by Crippen LogP contribution is 2.27. The van der Waals surface area contributed by atoms with Crippen LogP contribution in [0.5, 0.6) is 0 Å². The monoisotopic (exact) mass is 323 g/mol. The number of carboxylic acid groups (broad SMARTS) is 1. The standard InChI is InChI=1S/C20H21NO3/c22-19(12-14-6-1-2-7-14)21-18(13-20(23)24)17-11-5-9-15-8-3-4-10-16(15)17/h1,3-6,8-11,14,18H,2,7,12-13H2,(H,21,22)(H,23,24)/t14?,18-/m1/s1. The third-order valence-corrected chi connectivity index (χ3v) is 4.47. The smallest absolute Gasteiger partial charge is 0.305 e. The van der Waals surface area contributed by atoms with Gasteiger partial charge < -0.3 is 10.4 Å². The third kappa shape index (κ3) is 3.82. The van der Waals surface area contributed by atoms with Gasteiger partial charge in [-0.15, -0.1) is 0 Å². The average molecular weight is 323 g/mol. The van der Waals surface area contributed by atoms with Gasteiger partial charge in [-0.2, -0.15) is 0 Å². The first-order chi connectivity index (χ1) is 11.6. The van der Waals surface area contributed by atoms with Crippen molar-refractivity contribution in [1.82, 2.24) is 5.32 Å². The van der Waals surface area contributed by atoms with Crippen molar-refractivity contribution in [3.8, 4) is 0 Å². The van der Waals surface area contributed by atoms with Crippen LogP contribution in [-0.2, 0) is 9.59 Å². The Kier molecular flexibility index (Phi) is 4.94. The van der Waals surface area contributed by atoms with Crippen molar-refractivity contribution in [2.45, 2.75) is 31.7 Å². The lowest BCUT2D eigenvalue weighted by atomic mass is 9.96. The molecule has 1 amide bonds. The van der Waals surface area contributed by atoms with Gasteiger partial charge in [0.15, 0.2) is 0 Å². The number of carboxylic acids is 1. The van der Waals surface area contributed by atoms with Crippen LogP contribution in [0.2, 0.25) is 0 Å². The van der Waals surface area contributed by atoms with E-state index < -0.39 is 12.0 Å². The Morgan fingerprint density at radius 1 is 1.17 bits per heavy atom. The molecule has 3 rings (SSSR count). The normalized spacial score (nSPS) is 17.8. The first-order valence-corrected chi connectivity index (χ1v) is 8.29. The number of hydrogen-bond donors (Lipinski definition) is 2. The van der Waals surface area contributed by atoms with Crippen LogP contribution in [0.4, 0.5) is 0 Å². The summed E-state index contributed by atoms with van der Waals surface area (Å²) in [6, 6.07) is 13.1. The minimum Gasteiger partial charge on any atom is -0.481 e. The summed E-state index contributed by atoms with van der Waals surface area (Å²) in [6.45, 7) is 0. The Balaban J connectivity index is 1.83. The predicted molar refractivity (Wildman–Crippen MR) is 93.6 cm³/mol. The van der Waals surface area contributed by atoms with Crippen LogP contribution in [0.15, 0.2) is 54.6 Å². The van der Waals surface area contributed by atoms with Gasteiger partial charge in [-0.25, -0.2) is 0 Å². The van der Waals surface area contributed by atoms with Crippen LogP contribution < -0.4 is 5.32 Å². The number of allylic oxidation sites excluding steroid dienone is 2. The quantitative estimate of drug-likeness (QED) is 0.794. The number of aliphatic carboxylic acids is 1. The summed E-state index contributed by atoms with van der Waals surface area (Å²) in [5.74, 6) is -0.747. The molecule has 1 unspecified atom stereocenters. The van der Waals surface area contributed by atoms with E-state index >= 15 is 0 Å². The van der Waals surface area contributed by atoms with Crippen LogP contribution >= 0.6 is 0 Å². The van der Waals surface area contributed by atoms with Gasteiger partial charge in [0.05, 0.1) is 12.5 Å². The number of rotatable bonds is 6. The molecule has 124 valence electrons. The van der Waals surface area contributed by atoms with Crippen LogP contribution in [-0.4, -0.2) is 17.0 Å². The molecule has 4 heteroatoms. The summed E-state index contributed by atoms with van der Waals surface area (Å²) in [4.78, 5) is 23.6. The van der Waals surface area contributed by atoms with E-state index in [0.717, 1.165) is 29.2 Å². The molecule has 0 heterocycles. The second-order valence-electron chi connectivity index (χ2n) is 6.26. The number of carbonyl (C=O) groups is 2. The molecule has 1 aliphatic rings. The van der Waals surface area contributed by atoms with E-state index in [4.69, 9.17) is 0 Å². The first kappa shape index (κ1) is 16.2. The Morgan fingerprint density at radius 3 is 2.71 bits per heavy atom. The molecule has 0 saturated heterocycles. The lowest BCUT2D eigenvalue weighted by molar-refractivity contribution is -0.137. The van der Waals surface area contributed by atoms with Gasteiger partial charge in [0.2, 0.25) is 5.91 Å². The first-order valence-electron chi connectivity index (χ1n) is 8.29. The summed E-state index contributed by atoms with van der Waals surface area (Å²) in [5.41, 5.74) is 0.853. The van der Waals surface area contributed by atoms with Crippen LogP contribution in [0, 0.1) is 5.92 Å². The van der Waals surface area contributed by atoms with Gasteiger partial charge >= 0.3 is 5.97 Å². The molecule has 0 aromatic heterocycles. The maximum Gasteiger partial charge on any atom is 0.305 e. The number of amides is 1. The van der Waals surface area contributed by atoms with Crippen molar-refractivity contribution in [2.24, 2.45) is 5.92 Å². The zero-order valence-electron chi connectivity index (χ0n) is 13.4. The molecular weight excluding hydrogens is 302 g/mol. The Bertz CT molecular complexity index is 776. The molecule has 2 N–H and O–H groups in total. The number of fused-ring (bicyclic) bond motifs is 1. The largest absolute Gasteiger partial charge is 0.481 e. The fourth-order valence-corrected chi connectivity index (χ4v) is 3.32. The zero-order chi connectivity index (χ0) is 16.9. The predicted octanol–water partition coefficient (Wildman–Crippen LogP) is 3.83. The highest BCUT2D eigenvalue weighted by atomic mass is 16.4. The summed E-state index contributed by atoms with van der Waals surface area (Å²) in [7, 11) is 0. The number of nitrogens with one attached hydrogen (secondary N) is 1. The molecule has 0 saturated carbocycles. The van der Waals surface area contributed by atoms with Crippen LogP contribution in [0.25, 0.3) is 10.8 Å². The molecule has 0 aliphatic heterocycles. The Hall–Kier alpha value is -2.62. The van der Waals surface area contributed by atoms with E-state index in [1.807, 2.05) is 42.5 Å². The molecule has 0 spiro atoms. The highest BCUT2D eigenvalue weighted by Gasteiger charge is 2.22. The maximum atomic E-state index is 12.4. The Morgan fingerprint density at radius 2 is 1.96 bits per heavy atom. The number of benzene rings is 2. The highest BCUT2D eigenvalue weighted by molar-refractivity contribution is 5.87. The van der Waals surface area contributed by atoms with Crippen molar-refractivity contribution in [3.63, 3.8) is 0 Å². The summed E-state index contributed by atoms with van der Waals surface area (Å²) in [5, 5.41) is 14.2. The van der Waals surface area contributed by atoms with E-state index in [9.17, 15) is 14.7 Å². The van der Waals surface area contributed by atoms with Crippen molar-refractivity contribution in [1.29, 1.82) is 0 Å². The maximum absolute atomic E-state index is 12.4. The van der Waals surface area contributed by atoms with Crippen molar-refractivity contribution in [2.75, 3.05) is 0 Å². The van der Waals surface area contributed by atoms with E-state index in [1.165, 1.54) is 0 Å². The van der Waals surface area contributed by atoms with Crippen molar-refractivity contribution >= 4 is 22.6 Å². The molecular formula is C20H21NO3. The molecule has 0 radical (unpaired) electrons. The van der Waals surface area contributed by atoms with E-state index in [1.54, 1.807) is 0 Å².